The maximum atomic E-state index is 11.1. The number of terminal acetylenes is 1. The van der Waals surface area contributed by atoms with Crippen LogP contribution in [0, 0.1) is 19.3 Å². The monoisotopic (exact) mass is 402 g/mol. The first-order valence-electron chi connectivity index (χ1n) is 7.60. The minimum absolute atomic E-state index is 0.0165. The van der Waals surface area contributed by atoms with Crippen LogP contribution in [0.25, 0.3) is 19.5 Å². The van der Waals surface area contributed by atoms with E-state index in [1.165, 1.54) is 22.7 Å². The van der Waals surface area contributed by atoms with Gasteiger partial charge in [-0.25, -0.2) is 0 Å². The normalized spacial score (nSPS) is 10.6. The number of carbonyl (C=O) groups is 2. The van der Waals surface area contributed by atoms with Crippen LogP contribution in [-0.4, -0.2) is 22.2 Å². The van der Waals surface area contributed by atoms with Gasteiger partial charge < -0.3 is 10.2 Å². The summed E-state index contributed by atoms with van der Waals surface area (Å²) in [6.45, 7) is 1.96. The van der Waals surface area contributed by atoms with Crippen LogP contribution < -0.4 is 0 Å². The lowest BCUT2D eigenvalue weighted by Crippen LogP contribution is -1.99. The Bertz CT molecular complexity index is 1030. The molecule has 0 spiro atoms. The molecule has 0 amide bonds. The zero-order valence-electron chi connectivity index (χ0n) is 13.7. The molecule has 3 heterocycles. The van der Waals surface area contributed by atoms with Crippen LogP contribution in [0.3, 0.4) is 0 Å². The molecule has 0 bridgehead atoms. The van der Waals surface area contributed by atoms with Crippen LogP contribution in [0.4, 0.5) is 0 Å². The summed E-state index contributed by atoms with van der Waals surface area (Å²) in [5, 5.41) is 18.2. The SMILES string of the molecule is C#Cc1cc(CC(=O)O)c(-c2ccc(-c3sc(C)cc3CC(=O)O)s2)s1. The average Bonchev–Trinajstić information content (AvgIpc) is 3.24. The van der Waals surface area contributed by atoms with E-state index >= 15 is 0 Å². The van der Waals surface area contributed by atoms with Gasteiger partial charge in [0.2, 0.25) is 0 Å². The van der Waals surface area contributed by atoms with Crippen LogP contribution in [0.2, 0.25) is 0 Å². The van der Waals surface area contributed by atoms with E-state index in [2.05, 4.69) is 5.92 Å². The van der Waals surface area contributed by atoms with Gasteiger partial charge in [0, 0.05) is 24.4 Å². The first-order valence-corrected chi connectivity index (χ1v) is 10.0. The third-order valence-electron chi connectivity index (χ3n) is 3.62. The minimum Gasteiger partial charge on any atom is -0.481 e. The zero-order chi connectivity index (χ0) is 18.8. The van der Waals surface area contributed by atoms with Gasteiger partial charge in [0.05, 0.1) is 17.7 Å². The fourth-order valence-corrected chi connectivity index (χ4v) is 5.98. The molecule has 4 nitrogen and oxygen atoms in total. The maximum Gasteiger partial charge on any atom is 0.307 e. The predicted molar refractivity (Wildman–Crippen MR) is 106 cm³/mol. The van der Waals surface area contributed by atoms with Gasteiger partial charge in [-0.1, -0.05) is 5.92 Å². The molecule has 132 valence electrons. The Morgan fingerprint density at radius 1 is 0.962 bits per heavy atom. The van der Waals surface area contributed by atoms with Crippen molar-refractivity contribution in [1.82, 2.24) is 0 Å². The molecule has 7 heteroatoms. The number of carboxylic acid groups (broad SMARTS) is 2. The summed E-state index contributed by atoms with van der Waals surface area (Å²) in [6, 6.07) is 7.55. The van der Waals surface area contributed by atoms with Gasteiger partial charge in [-0.3, -0.25) is 9.59 Å². The molecule has 0 radical (unpaired) electrons. The molecule has 0 aliphatic rings. The molecule has 2 N–H and O–H groups in total. The predicted octanol–water partition coefficient (Wildman–Crippen LogP) is 4.75. The molecule has 3 aromatic rings. The van der Waals surface area contributed by atoms with Crippen molar-refractivity contribution < 1.29 is 19.8 Å². The summed E-state index contributed by atoms with van der Waals surface area (Å²) in [6.07, 6.45) is 5.37. The zero-order valence-corrected chi connectivity index (χ0v) is 16.2. The molecular formula is C19H14O4S3. The third kappa shape index (κ3) is 3.88. The molecule has 0 atom stereocenters. The number of hydrogen-bond donors (Lipinski definition) is 2. The van der Waals surface area contributed by atoms with Crippen molar-refractivity contribution in [3.63, 3.8) is 0 Å². The lowest BCUT2D eigenvalue weighted by atomic mass is 10.1. The highest BCUT2D eigenvalue weighted by Gasteiger charge is 2.18. The Morgan fingerprint density at radius 2 is 1.50 bits per heavy atom. The Labute approximate surface area is 162 Å². The highest BCUT2D eigenvalue weighted by molar-refractivity contribution is 7.26. The molecule has 3 rings (SSSR count). The number of thiophene rings is 3. The second-order valence-electron chi connectivity index (χ2n) is 5.63. The first kappa shape index (κ1) is 18.4. The van der Waals surface area contributed by atoms with E-state index in [0.717, 1.165) is 29.9 Å². The lowest BCUT2D eigenvalue weighted by Gasteiger charge is -1.99. The van der Waals surface area contributed by atoms with Crippen LogP contribution in [0.15, 0.2) is 24.3 Å². The summed E-state index contributed by atoms with van der Waals surface area (Å²) in [7, 11) is 0. The molecule has 0 aliphatic carbocycles. The van der Waals surface area contributed by atoms with Crippen molar-refractivity contribution >= 4 is 45.9 Å². The molecule has 0 aliphatic heterocycles. The molecule has 3 aromatic heterocycles. The molecule has 0 saturated heterocycles. The van der Waals surface area contributed by atoms with E-state index in [-0.39, 0.29) is 12.8 Å². The van der Waals surface area contributed by atoms with Crippen molar-refractivity contribution in [2.45, 2.75) is 19.8 Å². The second kappa shape index (κ2) is 7.46. The number of hydrogen-bond acceptors (Lipinski definition) is 5. The Hall–Kier alpha value is -2.40. The van der Waals surface area contributed by atoms with Gasteiger partial charge in [0.25, 0.3) is 0 Å². The highest BCUT2D eigenvalue weighted by Crippen LogP contribution is 2.43. The number of rotatable bonds is 6. The van der Waals surface area contributed by atoms with Crippen molar-refractivity contribution in [3.8, 4) is 31.9 Å². The van der Waals surface area contributed by atoms with Crippen molar-refractivity contribution in [2.75, 3.05) is 0 Å². The van der Waals surface area contributed by atoms with E-state index in [1.807, 2.05) is 25.1 Å². The quantitative estimate of drug-likeness (QED) is 0.584. The van der Waals surface area contributed by atoms with Gasteiger partial charge in [-0.05, 0) is 42.3 Å². The van der Waals surface area contributed by atoms with Crippen LogP contribution in [0.5, 0.6) is 0 Å². The van der Waals surface area contributed by atoms with Gasteiger partial charge in [-0.15, -0.1) is 40.4 Å². The average molecular weight is 403 g/mol. The molecule has 0 fully saturated rings. The molecule has 0 saturated carbocycles. The summed E-state index contributed by atoms with van der Waals surface area (Å²) in [4.78, 5) is 27.7. The summed E-state index contributed by atoms with van der Waals surface area (Å²) in [5.41, 5.74) is 1.51. The molecular weight excluding hydrogens is 388 g/mol. The number of carboxylic acids is 2. The van der Waals surface area contributed by atoms with Crippen LogP contribution in [-0.2, 0) is 22.4 Å². The van der Waals surface area contributed by atoms with Gasteiger partial charge in [0.1, 0.15) is 0 Å². The highest BCUT2D eigenvalue weighted by atomic mass is 32.1. The van der Waals surface area contributed by atoms with Crippen molar-refractivity contribution in [3.05, 3.63) is 45.1 Å². The summed E-state index contributed by atoms with van der Waals surface area (Å²) >= 11 is 4.50. The van der Waals surface area contributed by atoms with Crippen molar-refractivity contribution in [2.24, 2.45) is 0 Å². The minimum atomic E-state index is -0.901. The summed E-state index contributed by atoms with van der Waals surface area (Å²) in [5.74, 6) is 0.810. The molecule has 26 heavy (non-hydrogen) atoms. The second-order valence-corrected chi connectivity index (χ2v) is 9.02. The smallest absolute Gasteiger partial charge is 0.307 e. The van der Waals surface area contributed by atoms with Crippen molar-refractivity contribution in [1.29, 1.82) is 0 Å². The topological polar surface area (TPSA) is 74.6 Å². The largest absolute Gasteiger partial charge is 0.481 e. The van der Waals surface area contributed by atoms with Crippen LogP contribution in [0.1, 0.15) is 20.9 Å². The Balaban J connectivity index is 2.02. The van der Waals surface area contributed by atoms with Gasteiger partial charge in [-0.2, -0.15) is 0 Å². The molecule has 0 aromatic carbocycles. The standard InChI is InChI=1S/C19H14O4S3/c1-3-13-7-12(9-17(22)23)19(25-13)15-5-4-14(26-15)18-11(8-16(20)21)6-10(2)24-18/h1,4-7H,8-9H2,2H3,(H,20,21)(H,22,23). The van der Waals surface area contributed by atoms with E-state index < -0.39 is 11.9 Å². The Morgan fingerprint density at radius 3 is 2.04 bits per heavy atom. The fraction of sp³-hybridized carbons (Fsp3) is 0.158. The number of aliphatic carboxylic acids is 2. The van der Waals surface area contributed by atoms with E-state index in [1.54, 1.807) is 17.4 Å². The molecule has 0 unspecified atom stereocenters. The number of aryl methyl sites for hydroxylation is 1. The third-order valence-corrected chi connectivity index (χ3v) is 7.27. The first-order chi connectivity index (χ1) is 12.4. The van der Waals surface area contributed by atoms with Gasteiger partial charge in [0.15, 0.2) is 0 Å². The van der Waals surface area contributed by atoms with E-state index in [9.17, 15) is 9.59 Å². The van der Waals surface area contributed by atoms with Crippen LogP contribution >= 0.6 is 34.0 Å². The fourth-order valence-electron chi connectivity index (χ4n) is 2.65. The summed E-state index contributed by atoms with van der Waals surface area (Å²) < 4.78 is 0. The lowest BCUT2D eigenvalue weighted by molar-refractivity contribution is -0.137. The van der Waals surface area contributed by atoms with Gasteiger partial charge >= 0.3 is 11.9 Å². The van der Waals surface area contributed by atoms with E-state index in [0.29, 0.717) is 10.4 Å². The Kier molecular flexibility index (Phi) is 5.28. The van der Waals surface area contributed by atoms with E-state index in [4.69, 9.17) is 16.6 Å². The maximum absolute atomic E-state index is 11.1.